The summed E-state index contributed by atoms with van der Waals surface area (Å²) in [5, 5.41) is 3.58. The Balaban J connectivity index is 1.04. The molecule has 0 N–H and O–H groups in total. The summed E-state index contributed by atoms with van der Waals surface area (Å²) in [5.41, 5.74) is 17.3. The second-order valence-corrected chi connectivity index (χ2v) is 19.0. The van der Waals surface area contributed by atoms with E-state index < -0.39 is 5.41 Å². The van der Waals surface area contributed by atoms with Gasteiger partial charge in [-0.3, -0.25) is 0 Å². The molecule has 0 unspecified atom stereocenters. The Hall–Kier alpha value is -7.89. The van der Waals surface area contributed by atoms with E-state index >= 15 is 0 Å². The Bertz CT molecular complexity index is 3670. The lowest BCUT2D eigenvalue weighted by Crippen LogP contribution is -2.28. The number of hydrogen-bond acceptors (Lipinski definition) is 4. The van der Waals surface area contributed by atoms with Crippen molar-refractivity contribution < 1.29 is 0 Å². The minimum Gasteiger partial charge on any atom is -0.310 e. The second-order valence-electron chi connectivity index (χ2n) is 17.0. The Morgan fingerprint density at radius 3 is 1.87 bits per heavy atom. The first-order valence-corrected chi connectivity index (χ1v) is 24.4. The van der Waals surface area contributed by atoms with E-state index in [1.165, 1.54) is 75.8 Å². The summed E-state index contributed by atoms with van der Waals surface area (Å²) in [6.45, 7) is 6.02. The molecule has 4 heteroatoms. The summed E-state index contributed by atoms with van der Waals surface area (Å²) in [7, 11) is 0. The van der Waals surface area contributed by atoms with Gasteiger partial charge in [-0.25, -0.2) is 4.98 Å². The summed E-state index contributed by atoms with van der Waals surface area (Å²) in [6, 6.07) is 78.0. The summed E-state index contributed by atoms with van der Waals surface area (Å²) in [5.74, 6) is 0. The first kappa shape index (κ1) is 40.6. The maximum atomic E-state index is 5.09. The van der Waals surface area contributed by atoms with Crippen molar-refractivity contribution in [2.75, 3.05) is 4.90 Å². The molecule has 1 aliphatic rings. The van der Waals surface area contributed by atoms with Crippen molar-refractivity contribution in [2.24, 2.45) is 0 Å². The van der Waals surface area contributed by atoms with Gasteiger partial charge in [-0.1, -0.05) is 201 Å². The highest BCUT2D eigenvalue weighted by Crippen LogP contribution is 2.57. The zero-order valence-corrected chi connectivity index (χ0v) is 38.6. The van der Waals surface area contributed by atoms with Crippen LogP contribution < -0.4 is 4.90 Å². The average Bonchev–Trinajstić information content (AvgIpc) is 4.09. The van der Waals surface area contributed by atoms with E-state index in [1.54, 1.807) is 11.3 Å². The monoisotopic (exact) mass is 892 g/mol. The third-order valence-corrected chi connectivity index (χ3v) is 15.7. The molecule has 318 valence electrons. The molecule has 11 aromatic rings. The van der Waals surface area contributed by atoms with E-state index in [1.807, 2.05) is 23.5 Å². The van der Waals surface area contributed by atoms with E-state index in [0.717, 1.165) is 37.8 Å². The van der Waals surface area contributed by atoms with Crippen molar-refractivity contribution in [3.8, 4) is 32.8 Å². The SMILES string of the molecule is C=C/C=C\C(=C/C)c1cccc2c1sc1c(-c3ccc(N(c4ccc5c(c4)C(c4ccccc4)(c4ccccc4)c4ccccc4-5)c4ccc5nc(-c6ccccc6)sc5c4)cc3)cccc12. The van der Waals surface area contributed by atoms with Crippen LogP contribution in [0.15, 0.2) is 243 Å². The molecule has 0 radical (unpaired) electrons. The topological polar surface area (TPSA) is 16.1 Å². The number of rotatable bonds is 10. The molecule has 2 aromatic heterocycles. The molecule has 1 aliphatic carbocycles. The number of benzene rings is 9. The predicted octanol–water partition coefficient (Wildman–Crippen LogP) is 18.0. The number of fused-ring (bicyclic) bond motifs is 7. The molecular formula is C63H44N2S2. The Morgan fingerprint density at radius 1 is 0.522 bits per heavy atom. The van der Waals surface area contributed by atoms with Crippen LogP contribution in [0.3, 0.4) is 0 Å². The van der Waals surface area contributed by atoms with Crippen molar-refractivity contribution in [1.29, 1.82) is 0 Å². The van der Waals surface area contributed by atoms with E-state index in [0.29, 0.717) is 0 Å². The van der Waals surface area contributed by atoms with Gasteiger partial charge in [0.05, 0.1) is 15.6 Å². The van der Waals surface area contributed by atoms with Crippen LogP contribution in [0.25, 0.3) is 68.8 Å². The van der Waals surface area contributed by atoms with E-state index in [4.69, 9.17) is 4.98 Å². The zero-order chi connectivity index (χ0) is 44.9. The highest BCUT2D eigenvalue weighted by Gasteiger charge is 2.46. The van der Waals surface area contributed by atoms with Gasteiger partial charge in [0.15, 0.2) is 0 Å². The zero-order valence-electron chi connectivity index (χ0n) is 36.9. The lowest BCUT2D eigenvalue weighted by molar-refractivity contribution is 0.768. The normalized spacial score (nSPS) is 13.1. The van der Waals surface area contributed by atoms with Crippen LogP contribution in [0, 0.1) is 0 Å². The number of thiazole rings is 1. The lowest BCUT2D eigenvalue weighted by atomic mass is 9.67. The number of nitrogens with zero attached hydrogens (tertiary/aromatic N) is 2. The number of thiophene rings is 1. The average molecular weight is 893 g/mol. The minimum atomic E-state index is -0.523. The highest BCUT2D eigenvalue weighted by atomic mass is 32.1. The first-order chi connectivity index (χ1) is 33.1. The van der Waals surface area contributed by atoms with Crippen LogP contribution in [0.2, 0.25) is 0 Å². The van der Waals surface area contributed by atoms with Crippen LogP contribution in [-0.4, -0.2) is 4.98 Å². The van der Waals surface area contributed by atoms with Crippen molar-refractivity contribution >= 4 is 75.7 Å². The minimum absolute atomic E-state index is 0.523. The molecule has 9 aromatic carbocycles. The quantitative estimate of drug-likeness (QED) is 0.127. The van der Waals surface area contributed by atoms with E-state index in [2.05, 4.69) is 243 Å². The highest BCUT2D eigenvalue weighted by molar-refractivity contribution is 7.26. The van der Waals surface area contributed by atoms with Crippen LogP contribution in [0.1, 0.15) is 34.7 Å². The smallest absolute Gasteiger partial charge is 0.124 e. The summed E-state index contributed by atoms with van der Waals surface area (Å²) >= 11 is 3.62. The molecule has 0 atom stereocenters. The van der Waals surface area contributed by atoms with Crippen molar-refractivity contribution in [3.05, 3.63) is 271 Å². The molecule has 0 amide bonds. The number of allylic oxidation sites excluding steroid dienone is 5. The van der Waals surface area contributed by atoms with Gasteiger partial charge in [-0.2, -0.15) is 0 Å². The largest absolute Gasteiger partial charge is 0.310 e. The van der Waals surface area contributed by atoms with E-state index in [9.17, 15) is 0 Å². The lowest BCUT2D eigenvalue weighted by Gasteiger charge is -2.35. The van der Waals surface area contributed by atoms with Gasteiger partial charge in [-0.05, 0) is 105 Å². The fraction of sp³-hybridized carbons (Fsp3) is 0.0317. The molecule has 2 nitrogen and oxygen atoms in total. The molecule has 0 spiro atoms. The van der Waals surface area contributed by atoms with Crippen molar-refractivity contribution in [3.63, 3.8) is 0 Å². The maximum absolute atomic E-state index is 5.09. The van der Waals surface area contributed by atoms with Gasteiger partial charge in [0, 0.05) is 42.8 Å². The molecule has 0 saturated carbocycles. The predicted molar refractivity (Wildman–Crippen MR) is 288 cm³/mol. The van der Waals surface area contributed by atoms with Crippen LogP contribution in [-0.2, 0) is 5.41 Å². The van der Waals surface area contributed by atoms with Gasteiger partial charge in [0.1, 0.15) is 5.01 Å². The summed E-state index contributed by atoms with van der Waals surface area (Å²) in [6.07, 6.45) is 8.18. The van der Waals surface area contributed by atoms with Crippen molar-refractivity contribution in [1.82, 2.24) is 4.98 Å². The Kier molecular flexibility index (Phi) is 10.2. The molecule has 0 aliphatic heterocycles. The van der Waals surface area contributed by atoms with Gasteiger partial charge in [0.2, 0.25) is 0 Å². The third kappa shape index (κ3) is 6.71. The summed E-state index contributed by atoms with van der Waals surface area (Å²) in [4.78, 5) is 7.52. The first-order valence-electron chi connectivity index (χ1n) is 22.8. The van der Waals surface area contributed by atoms with Gasteiger partial charge in [0.25, 0.3) is 0 Å². The fourth-order valence-electron chi connectivity index (χ4n) is 10.4. The molecule has 2 heterocycles. The number of hydrogen-bond donors (Lipinski definition) is 0. The Morgan fingerprint density at radius 2 is 1.13 bits per heavy atom. The van der Waals surface area contributed by atoms with Gasteiger partial charge < -0.3 is 4.90 Å². The van der Waals surface area contributed by atoms with Crippen LogP contribution >= 0.6 is 22.7 Å². The van der Waals surface area contributed by atoms with Crippen LogP contribution in [0.4, 0.5) is 17.1 Å². The van der Waals surface area contributed by atoms with Crippen molar-refractivity contribution in [2.45, 2.75) is 12.3 Å². The van der Waals surface area contributed by atoms with Gasteiger partial charge >= 0.3 is 0 Å². The molecule has 0 bridgehead atoms. The number of aromatic nitrogens is 1. The molecule has 12 rings (SSSR count). The summed E-state index contributed by atoms with van der Waals surface area (Å²) < 4.78 is 3.73. The number of anilines is 3. The van der Waals surface area contributed by atoms with Gasteiger partial charge in [-0.15, -0.1) is 22.7 Å². The second kappa shape index (κ2) is 16.8. The van der Waals surface area contributed by atoms with Crippen LogP contribution in [0.5, 0.6) is 0 Å². The molecule has 0 fully saturated rings. The van der Waals surface area contributed by atoms with E-state index in [-0.39, 0.29) is 0 Å². The standard InChI is InChI=1S/C63H44N2S2/c1-3-5-19-42(4-2)50-27-17-29-54-55-30-18-28-51(61(55)67-60(50)54)43-32-34-47(35-33-43)65(49-37-39-58-59(41-49)66-62(64-58)44-20-9-6-10-21-44)48-36-38-53-52-26-15-16-31-56(52)63(57(53)40-48,45-22-11-7-12-23-45)46-24-13-8-14-25-46/h3-41H,1H2,2H3/b19-5-,42-4+. The molecule has 0 saturated heterocycles. The maximum Gasteiger partial charge on any atom is 0.124 e. The third-order valence-electron chi connectivity index (χ3n) is 13.3. The fourth-order valence-corrected chi connectivity index (χ4v) is 12.7. The molecule has 67 heavy (non-hydrogen) atoms. The Labute approximate surface area is 399 Å². The molecular weight excluding hydrogens is 849 g/mol.